The fourth-order valence-electron chi connectivity index (χ4n) is 2.08. The third kappa shape index (κ3) is 3.92. The van der Waals surface area contributed by atoms with Crippen molar-refractivity contribution in [1.29, 1.82) is 0 Å². The molecule has 1 aromatic rings. The van der Waals surface area contributed by atoms with Gasteiger partial charge in [0.25, 0.3) is 0 Å². The Morgan fingerprint density at radius 3 is 2.84 bits per heavy atom. The van der Waals surface area contributed by atoms with Crippen LogP contribution in [0.3, 0.4) is 0 Å². The Kier molecular flexibility index (Phi) is 4.89. The van der Waals surface area contributed by atoms with E-state index in [4.69, 9.17) is 16.3 Å². The van der Waals surface area contributed by atoms with Gasteiger partial charge in [-0.3, -0.25) is 0 Å². The van der Waals surface area contributed by atoms with E-state index in [1.165, 1.54) is 6.07 Å². The van der Waals surface area contributed by atoms with E-state index in [2.05, 4.69) is 20.7 Å². The maximum Gasteiger partial charge on any atom is 0.242 e. The highest BCUT2D eigenvalue weighted by Crippen LogP contribution is 2.26. The summed E-state index contributed by atoms with van der Waals surface area (Å²) in [6.45, 7) is 2.51. The van der Waals surface area contributed by atoms with Gasteiger partial charge in [-0.25, -0.2) is 13.1 Å². The highest BCUT2D eigenvalue weighted by molar-refractivity contribution is 9.10. The molecule has 0 aromatic heterocycles. The molecule has 0 amide bonds. The second-order valence-electron chi connectivity index (χ2n) is 4.60. The number of sulfonamides is 1. The van der Waals surface area contributed by atoms with Crippen LogP contribution in [0.25, 0.3) is 0 Å². The van der Waals surface area contributed by atoms with Gasteiger partial charge in [-0.2, -0.15) is 0 Å². The Labute approximate surface area is 126 Å². The average molecular weight is 369 g/mol. The van der Waals surface area contributed by atoms with E-state index in [0.29, 0.717) is 19.4 Å². The summed E-state index contributed by atoms with van der Waals surface area (Å²) in [7, 11) is -3.59. The maximum atomic E-state index is 12.3. The van der Waals surface area contributed by atoms with Crippen LogP contribution in [-0.4, -0.2) is 27.2 Å². The predicted octanol–water partition coefficient (Wildman–Crippen LogP) is 2.95. The van der Waals surface area contributed by atoms with E-state index < -0.39 is 10.0 Å². The summed E-state index contributed by atoms with van der Waals surface area (Å²) in [5.74, 6) is 0. The van der Waals surface area contributed by atoms with Crippen molar-refractivity contribution in [2.45, 2.75) is 36.8 Å². The first kappa shape index (κ1) is 15.3. The van der Waals surface area contributed by atoms with Crippen molar-refractivity contribution in [3.8, 4) is 0 Å². The van der Waals surface area contributed by atoms with Gasteiger partial charge in [-0.15, -0.1) is 0 Å². The SMILES string of the molecule is CC1CC(NS(=O)(=O)c2ccc(Br)cc2Cl)CCO1. The fourth-order valence-corrected chi connectivity index (χ4v) is 4.40. The minimum absolute atomic E-state index is 0.0711. The summed E-state index contributed by atoms with van der Waals surface area (Å²) in [5, 5.41) is 0.210. The lowest BCUT2D eigenvalue weighted by molar-refractivity contribution is 0.0173. The van der Waals surface area contributed by atoms with Crippen LogP contribution in [0.2, 0.25) is 5.02 Å². The molecule has 0 bridgehead atoms. The van der Waals surface area contributed by atoms with Crippen molar-refractivity contribution in [3.05, 3.63) is 27.7 Å². The molecule has 1 N–H and O–H groups in total. The van der Waals surface area contributed by atoms with Crippen molar-refractivity contribution in [1.82, 2.24) is 4.72 Å². The third-order valence-corrected chi connectivity index (χ3v) is 5.49. The zero-order valence-corrected chi connectivity index (χ0v) is 13.6. The molecule has 106 valence electrons. The number of nitrogens with one attached hydrogen (secondary N) is 1. The van der Waals surface area contributed by atoms with Gasteiger partial charge >= 0.3 is 0 Å². The van der Waals surface area contributed by atoms with Crippen LogP contribution in [0.15, 0.2) is 27.6 Å². The second-order valence-corrected chi connectivity index (χ2v) is 7.60. The largest absolute Gasteiger partial charge is 0.378 e. The van der Waals surface area contributed by atoms with Gasteiger partial charge in [0.15, 0.2) is 0 Å². The van der Waals surface area contributed by atoms with Crippen LogP contribution >= 0.6 is 27.5 Å². The predicted molar refractivity (Wildman–Crippen MR) is 77.9 cm³/mol. The topological polar surface area (TPSA) is 55.4 Å². The summed E-state index contributed by atoms with van der Waals surface area (Å²) in [4.78, 5) is 0.108. The first-order valence-corrected chi connectivity index (χ1v) is 8.63. The Hall–Kier alpha value is -0.140. The van der Waals surface area contributed by atoms with Gasteiger partial charge in [0.2, 0.25) is 10.0 Å². The van der Waals surface area contributed by atoms with Gasteiger partial charge in [0.05, 0.1) is 11.1 Å². The van der Waals surface area contributed by atoms with Crippen LogP contribution in [0.1, 0.15) is 19.8 Å². The van der Waals surface area contributed by atoms with Crippen LogP contribution in [0, 0.1) is 0 Å². The lowest BCUT2D eigenvalue weighted by atomic mass is 10.1. The normalized spacial score (nSPS) is 24.4. The minimum Gasteiger partial charge on any atom is -0.378 e. The molecule has 1 fully saturated rings. The van der Waals surface area contributed by atoms with Crippen molar-refractivity contribution in [2.24, 2.45) is 0 Å². The summed E-state index contributed by atoms with van der Waals surface area (Å²) in [6, 6.07) is 4.63. The molecule has 2 atom stereocenters. The molecule has 0 radical (unpaired) electrons. The first-order valence-electron chi connectivity index (χ1n) is 5.97. The van der Waals surface area contributed by atoms with Gasteiger partial charge in [-0.1, -0.05) is 27.5 Å². The number of hydrogen-bond donors (Lipinski definition) is 1. The van der Waals surface area contributed by atoms with Crippen molar-refractivity contribution >= 4 is 37.6 Å². The Bertz CT molecular complexity index is 564. The zero-order chi connectivity index (χ0) is 14.0. The fraction of sp³-hybridized carbons (Fsp3) is 0.500. The van der Waals surface area contributed by atoms with Crippen molar-refractivity contribution < 1.29 is 13.2 Å². The molecule has 1 heterocycles. The highest BCUT2D eigenvalue weighted by Gasteiger charge is 2.26. The van der Waals surface area contributed by atoms with Crippen molar-refractivity contribution in [3.63, 3.8) is 0 Å². The van der Waals surface area contributed by atoms with E-state index in [1.807, 2.05) is 6.92 Å². The van der Waals surface area contributed by atoms with E-state index in [0.717, 1.165) is 4.47 Å². The molecular weight excluding hydrogens is 354 g/mol. The molecule has 19 heavy (non-hydrogen) atoms. The standard InChI is InChI=1S/C12H15BrClNO3S/c1-8-6-10(4-5-18-8)15-19(16,17)12-3-2-9(13)7-11(12)14/h2-3,7-8,10,15H,4-6H2,1H3. The second kappa shape index (κ2) is 6.10. The van der Waals surface area contributed by atoms with Crippen LogP contribution < -0.4 is 4.72 Å². The molecular formula is C12H15BrClNO3S. The molecule has 1 aliphatic heterocycles. The molecule has 2 rings (SSSR count). The van der Waals surface area contributed by atoms with E-state index in [9.17, 15) is 8.42 Å². The Balaban J connectivity index is 2.18. The number of benzene rings is 1. The molecule has 0 saturated carbocycles. The molecule has 7 heteroatoms. The first-order chi connectivity index (χ1) is 8.88. The molecule has 1 saturated heterocycles. The lowest BCUT2D eigenvalue weighted by Crippen LogP contribution is -2.41. The highest BCUT2D eigenvalue weighted by atomic mass is 79.9. The number of halogens is 2. The number of hydrogen-bond acceptors (Lipinski definition) is 3. The average Bonchev–Trinajstić information content (AvgIpc) is 2.27. The zero-order valence-electron chi connectivity index (χ0n) is 10.4. The molecule has 1 aliphatic rings. The number of ether oxygens (including phenoxy) is 1. The van der Waals surface area contributed by atoms with E-state index >= 15 is 0 Å². The number of rotatable bonds is 3. The molecule has 4 nitrogen and oxygen atoms in total. The lowest BCUT2D eigenvalue weighted by Gasteiger charge is -2.27. The summed E-state index contributed by atoms with van der Waals surface area (Å²) in [6.07, 6.45) is 1.42. The van der Waals surface area contributed by atoms with E-state index in [-0.39, 0.29) is 22.1 Å². The van der Waals surface area contributed by atoms with Crippen molar-refractivity contribution in [2.75, 3.05) is 6.61 Å². The Morgan fingerprint density at radius 2 is 2.21 bits per heavy atom. The molecule has 2 unspecified atom stereocenters. The van der Waals surface area contributed by atoms with Gasteiger partial charge in [-0.05, 0) is 38.0 Å². The quantitative estimate of drug-likeness (QED) is 0.892. The smallest absolute Gasteiger partial charge is 0.242 e. The molecule has 0 aliphatic carbocycles. The molecule has 0 spiro atoms. The van der Waals surface area contributed by atoms with Gasteiger partial charge in [0.1, 0.15) is 4.90 Å². The van der Waals surface area contributed by atoms with Gasteiger partial charge < -0.3 is 4.74 Å². The maximum absolute atomic E-state index is 12.3. The summed E-state index contributed by atoms with van der Waals surface area (Å²) < 4.78 is 33.4. The third-order valence-electron chi connectivity index (χ3n) is 2.99. The van der Waals surface area contributed by atoms with Crippen LogP contribution in [0.5, 0.6) is 0 Å². The van der Waals surface area contributed by atoms with Crippen LogP contribution in [-0.2, 0) is 14.8 Å². The minimum atomic E-state index is -3.59. The molecule has 1 aromatic carbocycles. The van der Waals surface area contributed by atoms with Gasteiger partial charge in [0, 0.05) is 17.1 Å². The monoisotopic (exact) mass is 367 g/mol. The summed E-state index contributed by atoms with van der Waals surface area (Å²) >= 11 is 9.24. The summed E-state index contributed by atoms with van der Waals surface area (Å²) in [5.41, 5.74) is 0. The van der Waals surface area contributed by atoms with E-state index in [1.54, 1.807) is 12.1 Å². The van der Waals surface area contributed by atoms with Crippen LogP contribution in [0.4, 0.5) is 0 Å². The Morgan fingerprint density at radius 1 is 1.47 bits per heavy atom.